The summed E-state index contributed by atoms with van der Waals surface area (Å²) in [6.45, 7) is 3.50. The Morgan fingerprint density at radius 3 is 1.92 bits per heavy atom. The summed E-state index contributed by atoms with van der Waals surface area (Å²) < 4.78 is 0. The zero-order valence-electron chi connectivity index (χ0n) is 14.2. The van der Waals surface area contributed by atoms with Gasteiger partial charge in [0.2, 0.25) is 5.91 Å². The van der Waals surface area contributed by atoms with Crippen LogP contribution in [-0.2, 0) is 16.1 Å². The molecule has 1 unspecified atom stereocenters. The first-order valence-corrected chi connectivity index (χ1v) is 8.15. The molecule has 0 saturated carbocycles. The number of hydrogen-bond acceptors (Lipinski definition) is 5. The summed E-state index contributed by atoms with van der Waals surface area (Å²) >= 11 is 0. The van der Waals surface area contributed by atoms with Crippen molar-refractivity contribution in [2.75, 3.05) is 5.73 Å². The SMILES string of the molecule is CC(C)(P)ONC(=O)Cc1ccc2c(C(=O)O)c(N)c(C(=O)O)c-2cc1. The Bertz CT molecular complexity index is 807. The van der Waals surface area contributed by atoms with Crippen molar-refractivity contribution in [2.45, 2.75) is 25.6 Å². The van der Waals surface area contributed by atoms with Gasteiger partial charge in [-0.05, 0) is 30.5 Å². The molecule has 0 fully saturated rings. The highest BCUT2D eigenvalue weighted by Gasteiger charge is 2.28. The van der Waals surface area contributed by atoms with E-state index in [1.807, 2.05) is 0 Å². The number of carbonyl (C=O) groups excluding carboxylic acids is 1. The van der Waals surface area contributed by atoms with Gasteiger partial charge in [0.25, 0.3) is 0 Å². The molecule has 1 amide bonds. The molecule has 0 aromatic carbocycles. The minimum absolute atomic E-state index is 0.0295. The van der Waals surface area contributed by atoms with Gasteiger partial charge in [0.15, 0.2) is 0 Å². The zero-order chi connectivity index (χ0) is 19.6. The highest BCUT2D eigenvalue weighted by atomic mass is 31.0. The number of amides is 1. The summed E-state index contributed by atoms with van der Waals surface area (Å²) in [6, 6.07) is 5.99. The van der Waals surface area contributed by atoms with E-state index in [-0.39, 0.29) is 34.4 Å². The number of nitrogens with one attached hydrogen (secondary N) is 1. The van der Waals surface area contributed by atoms with E-state index in [0.717, 1.165) is 0 Å². The van der Waals surface area contributed by atoms with Crippen molar-refractivity contribution >= 4 is 32.8 Å². The Labute approximate surface area is 151 Å². The van der Waals surface area contributed by atoms with Crippen molar-refractivity contribution in [3.05, 3.63) is 41.0 Å². The molecule has 0 spiro atoms. The lowest BCUT2D eigenvalue weighted by molar-refractivity contribution is -0.138. The maximum absolute atomic E-state index is 11.9. The van der Waals surface area contributed by atoms with Crippen LogP contribution >= 0.6 is 9.24 Å². The molecule has 8 nitrogen and oxygen atoms in total. The summed E-state index contributed by atoms with van der Waals surface area (Å²) in [5, 5.41) is 18.1. The highest BCUT2D eigenvalue weighted by Crippen LogP contribution is 2.38. The second-order valence-electron chi connectivity index (χ2n) is 6.25. The van der Waals surface area contributed by atoms with Gasteiger partial charge in [-0.1, -0.05) is 24.3 Å². The summed E-state index contributed by atoms with van der Waals surface area (Å²) in [6.07, 6.45) is -0.0295. The van der Waals surface area contributed by atoms with Gasteiger partial charge in [-0.2, -0.15) is 0 Å². The maximum Gasteiger partial charge on any atom is 0.338 e. The number of anilines is 1. The van der Waals surface area contributed by atoms with Crippen LogP contribution in [0.25, 0.3) is 11.1 Å². The summed E-state index contributed by atoms with van der Waals surface area (Å²) in [7, 11) is 2.42. The van der Waals surface area contributed by atoms with E-state index in [2.05, 4.69) is 14.7 Å². The van der Waals surface area contributed by atoms with Gasteiger partial charge < -0.3 is 15.9 Å². The second kappa shape index (κ2) is 7.27. The van der Waals surface area contributed by atoms with Crippen molar-refractivity contribution in [1.82, 2.24) is 5.48 Å². The molecule has 26 heavy (non-hydrogen) atoms. The summed E-state index contributed by atoms with van der Waals surface area (Å²) in [5.41, 5.74) is 8.15. The van der Waals surface area contributed by atoms with E-state index in [1.54, 1.807) is 26.0 Å². The lowest BCUT2D eigenvalue weighted by Crippen LogP contribution is -2.32. The van der Waals surface area contributed by atoms with E-state index < -0.39 is 23.2 Å². The number of carboxylic acid groups (broad SMARTS) is 2. The summed E-state index contributed by atoms with van der Waals surface area (Å²) in [5.74, 6) is -3.04. The molecule has 2 aliphatic rings. The predicted molar refractivity (Wildman–Crippen MR) is 98.1 cm³/mol. The third-order valence-electron chi connectivity index (χ3n) is 3.52. The minimum atomic E-state index is -1.32. The molecule has 9 heteroatoms. The Morgan fingerprint density at radius 1 is 1.08 bits per heavy atom. The first-order valence-electron chi connectivity index (χ1n) is 7.57. The van der Waals surface area contributed by atoms with Crippen molar-refractivity contribution in [3.8, 4) is 11.1 Å². The standard InChI is InChI=1S/C17H19N2O6P/c1-17(2,26)25-19-11(20)7-8-3-5-9-10(6-4-8)13(16(23)24)14(18)12(9)15(21)22/h3-6H,7,18,26H2,1-2H3,(H,19,20)(H,21,22)(H,23,24). The third kappa shape index (κ3) is 4.28. The molecule has 0 aliphatic heterocycles. The van der Waals surface area contributed by atoms with Crippen LogP contribution in [0.15, 0.2) is 24.3 Å². The van der Waals surface area contributed by atoms with E-state index in [0.29, 0.717) is 5.56 Å². The van der Waals surface area contributed by atoms with Gasteiger partial charge >= 0.3 is 11.9 Å². The van der Waals surface area contributed by atoms with E-state index in [9.17, 15) is 24.6 Å². The number of hydrogen-bond donors (Lipinski definition) is 4. The van der Waals surface area contributed by atoms with Gasteiger partial charge in [0.05, 0.1) is 23.2 Å². The highest BCUT2D eigenvalue weighted by molar-refractivity contribution is 7.18. The summed E-state index contributed by atoms with van der Waals surface area (Å²) in [4.78, 5) is 40.0. The molecule has 0 saturated heterocycles. The molecule has 138 valence electrons. The number of nitrogens with two attached hydrogens (primary N) is 1. The first-order chi connectivity index (χ1) is 12.0. The van der Waals surface area contributed by atoms with Crippen LogP contribution in [-0.4, -0.2) is 33.4 Å². The third-order valence-corrected chi connectivity index (χ3v) is 3.63. The molecule has 2 aliphatic carbocycles. The average Bonchev–Trinajstić information content (AvgIpc) is 2.65. The minimum Gasteiger partial charge on any atom is -0.478 e. The number of carboxylic acids is 2. The number of hydroxylamine groups is 1. The van der Waals surface area contributed by atoms with Crippen LogP contribution in [0.3, 0.4) is 0 Å². The van der Waals surface area contributed by atoms with Gasteiger partial charge in [-0.25, -0.2) is 15.1 Å². The number of aromatic carboxylic acids is 2. The second-order valence-corrected chi connectivity index (χ2v) is 7.64. The van der Waals surface area contributed by atoms with Crippen molar-refractivity contribution < 1.29 is 29.4 Å². The first kappa shape index (κ1) is 19.6. The van der Waals surface area contributed by atoms with Gasteiger partial charge in [-0.3, -0.25) is 9.63 Å². The Hall–Kier alpha value is -2.70. The molecular formula is C17H19N2O6P. The predicted octanol–water partition coefficient (Wildman–Crippen LogP) is 1.97. The molecule has 0 radical (unpaired) electrons. The molecule has 5 N–H and O–H groups in total. The molecule has 0 heterocycles. The Kier molecular flexibility index (Phi) is 5.49. The lowest BCUT2D eigenvalue weighted by atomic mass is 10.1. The van der Waals surface area contributed by atoms with Crippen molar-refractivity contribution in [2.24, 2.45) is 0 Å². The van der Waals surface area contributed by atoms with Crippen LogP contribution in [0.1, 0.15) is 40.1 Å². The lowest BCUT2D eigenvalue weighted by Gasteiger charge is -2.18. The molecule has 0 bridgehead atoms. The smallest absolute Gasteiger partial charge is 0.338 e. The fourth-order valence-electron chi connectivity index (χ4n) is 2.46. The fraction of sp³-hybridized carbons (Fsp3) is 0.235. The van der Waals surface area contributed by atoms with E-state index in [1.165, 1.54) is 12.1 Å². The quantitative estimate of drug-likeness (QED) is 0.445. The topological polar surface area (TPSA) is 139 Å². The van der Waals surface area contributed by atoms with Crippen LogP contribution in [0.5, 0.6) is 0 Å². The Morgan fingerprint density at radius 2 is 1.54 bits per heavy atom. The molecule has 2 rings (SSSR count). The van der Waals surface area contributed by atoms with E-state index in [4.69, 9.17) is 10.6 Å². The molecule has 1 atom stereocenters. The number of fused-ring (bicyclic) bond motifs is 1. The normalized spacial score (nSPS) is 11.3. The maximum atomic E-state index is 11.9. The monoisotopic (exact) mass is 378 g/mol. The molecule has 0 aromatic rings. The number of carbonyl (C=O) groups is 3. The van der Waals surface area contributed by atoms with Gasteiger partial charge in [-0.15, -0.1) is 9.24 Å². The van der Waals surface area contributed by atoms with Crippen LogP contribution in [0.4, 0.5) is 5.69 Å². The largest absolute Gasteiger partial charge is 0.478 e. The molecule has 0 aromatic heterocycles. The van der Waals surface area contributed by atoms with Crippen LogP contribution < -0.4 is 11.2 Å². The molecular weight excluding hydrogens is 359 g/mol. The van der Waals surface area contributed by atoms with Crippen molar-refractivity contribution in [3.63, 3.8) is 0 Å². The zero-order valence-corrected chi connectivity index (χ0v) is 15.4. The van der Waals surface area contributed by atoms with Crippen molar-refractivity contribution in [1.29, 1.82) is 0 Å². The van der Waals surface area contributed by atoms with Gasteiger partial charge in [0, 0.05) is 0 Å². The average molecular weight is 378 g/mol. The number of rotatable bonds is 6. The van der Waals surface area contributed by atoms with Gasteiger partial charge in [0.1, 0.15) is 5.34 Å². The van der Waals surface area contributed by atoms with E-state index >= 15 is 0 Å². The van der Waals surface area contributed by atoms with Crippen LogP contribution in [0, 0.1) is 0 Å². The number of nitrogen functional groups attached to an aromatic ring is 1. The Balaban J connectivity index is 2.40. The van der Waals surface area contributed by atoms with Crippen LogP contribution in [0.2, 0.25) is 0 Å². The fourth-order valence-corrected chi connectivity index (χ4v) is 2.51.